The monoisotopic (exact) mass is 504 g/mol. The van der Waals surface area contributed by atoms with Gasteiger partial charge in [-0.1, -0.05) is 39.3 Å². The summed E-state index contributed by atoms with van der Waals surface area (Å²) in [7, 11) is 0. The molecule has 12 atom stereocenters. The maximum atomic E-state index is 12.6. The molecule has 0 spiro atoms. The Morgan fingerprint density at radius 3 is 2.25 bits per heavy atom. The minimum Gasteiger partial charge on any atom is -0.481 e. The average molecular weight is 505 g/mol. The summed E-state index contributed by atoms with van der Waals surface area (Å²) in [5, 5.41) is 32.9. The standard InChI is InChI=1S/C30H48O6/c1-16(2)8-9-19(27(34)35)25-21-14-23(33)26-28(5)12-11-22(32)17(3)20(28)10-13-29(26,6)30(21,7)15-24(25)36-18(4)31/h8,17,19-26,32-33H,9-15H2,1-7H3,(H,34,35)/t17-,19+,20?,21?,22+,23+,24-,25+,26?,28-,29-,30-/m0/s1. The number of esters is 1. The first-order valence-electron chi connectivity index (χ1n) is 14.1. The van der Waals surface area contributed by atoms with Crippen molar-refractivity contribution in [2.75, 3.05) is 0 Å². The SMILES string of the molecule is CC(=O)O[C@H]1C[C@@]2(C)C(C[C@@H](O)C3[C@@]4(C)CC[C@@H](O)[C@@H](C)C4CC[C@@]32C)[C@H]1[C@@H](CC=C(C)C)C(=O)O. The van der Waals surface area contributed by atoms with Crippen molar-refractivity contribution in [2.24, 2.45) is 51.8 Å². The number of ether oxygens (including phenoxy) is 1. The molecule has 4 aliphatic rings. The van der Waals surface area contributed by atoms with Gasteiger partial charge in [0.25, 0.3) is 0 Å². The van der Waals surface area contributed by atoms with E-state index in [1.54, 1.807) is 0 Å². The first-order valence-corrected chi connectivity index (χ1v) is 14.1. The molecule has 0 aromatic carbocycles. The normalized spacial score (nSPS) is 48.7. The van der Waals surface area contributed by atoms with Crippen molar-refractivity contribution in [1.82, 2.24) is 0 Å². The van der Waals surface area contributed by atoms with Gasteiger partial charge in [0.2, 0.25) is 0 Å². The van der Waals surface area contributed by atoms with E-state index in [2.05, 4.69) is 27.7 Å². The molecule has 0 aliphatic heterocycles. The number of hydrogen-bond acceptors (Lipinski definition) is 5. The van der Waals surface area contributed by atoms with Gasteiger partial charge < -0.3 is 20.1 Å². The quantitative estimate of drug-likeness (QED) is 0.351. The molecule has 0 amide bonds. The van der Waals surface area contributed by atoms with Crippen LogP contribution in [-0.4, -0.2) is 45.6 Å². The van der Waals surface area contributed by atoms with Gasteiger partial charge >= 0.3 is 11.9 Å². The summed E-state index contributed by atoms with van der Waals surface area (Å²) in [4.78, 5) is 24.8. The summed E-state index contributed by atoms with van der Waals surface area (Å²) >= 11 is 0. The minimum atomic E-state index is -0.855. The average Bonchev–Trinajstić information content (AvgIpc) is 3.03. The number of carboxylic acid groups (broad SMARTS) is 1. The van der Waals surface area contributed by atoms with Crippen LogP contribution in [0.15, 0.2) is 11.6 Å². The van der Waals surface area contributed by atoms with Crippen LogP contribution in [0.2, 0.25) is 0 Å². The van der Waals surface area contributed by atoms with Crippen LogP contribution in [0.5, 0.6) is 0 Å². The van der Waals surface area contributed by atoms with E-state index >= 15 is 0 Å². The number of fused-ring (bicyclic) bond motifs is 5. The van der Waals surface area contributed by atoms with Gasteiger partial charge in [0.1, 0.15) is 6.10 Å². The number of rotatable bonds is 5. The maximum absolute atomic E-state index is 12.6. The Morgan fingerprint density at radius 1 is 1.00 bits per heavy atom. The number of allylic oxidation sites excluding steroid dienone is 2. The molecule has 4 fully saturated rings. The summed E-state index contributed by atoms with van der Waals surface area (Å²) < 4.78 is 5.90. The predicted octanol–water partition coefficient (Wildman–Crippen LogP) is 5.21. The molecule has 4 saturated carbocycles. The smallest absolute Gasteiger partial charge is 0.307 e. The number of carbonyl (C=O) groups excluding carboxylic acids is 1. The van der Waals surface area contributed by atoms with E-state index in [9.17, 15) is 24.9 Å². The Hall–Kier alpha value is -1.40. The van der Waals surface area contributed by atoms with E-state index in [0.717, 1.165) is 31.3 Å². The lowest BCUT2D eigenvalue weighted by Crippen LogP contribution is -2.66. The fourth-order valence-corrected chi connectivity index (χ4v) is 10.1. The molecule has 4 aliphatic carbocycles. The molecular formula is C30H48O6. The second-order valence-corrected chi connectivity index (χ2v) is 13.7. The van der Waals surface area contributed by atoms with Crippen LogP contribution in [0.3, 0.4) is 0 Å². The van der Waals surface area contributed by atoms with Crippen molar-refractivity contribution in [3.8, 4) is 0 Å². The van der Waals surface area contributed by atoms with Gasteiger partial charge in [0.05, 0.1) is 18.1 Å². The molecule has 204 valence electrons. The number of aliphatic carboxylic acids is 1. The van der Waals surface area contributed by atoms with Gasteiger partial charge in [-0.25, -0.2) is 0 Å². The third-order valence-corrected chi connectivity index (χ3v) is 11.8. The van der Waals surface area contributed by atoms with Crippen molar-refractivity contribution in [1.29, 1.82) is 0 Å². The molecule has 3 N–H and O–H groups in total. The van der Waals surface area contributed by atoms with E-state index in [4.69, 9.17) is 4.74 Å². The van der Waals surface area contributed by atoms with Gasteiger partial charge in [-0.2, -0.15) is 0 Å². The van der Waals surface area contributed by atoms with E-state index in [-0.39, 0.29) is 52.0 Å². The van der Waals surface area contributed by atoms with Crippen molar-refractivity contribution >= 4 is 11.9 Å². The number of carbonyl (C=O) groups is 2. The molecule has 0 radical (unpaired) electrons. The summed E-state index contributed by atoms with van der Waals surface area (Å²) in [6, 6.07) is 0. The van der Waals surface area contributed by atoms with Crippen molar-refractivity contribution in [2.45, 2.75) is 112 Å². The molecule has 0 saturated heterocycles. The number of hydrogen-bond donors (Lipinski definition) is 3. The fraction of sp³-hybridized carbons (Fsp3) is 0.867. The highest BCUT2D eigenvalue weighted by atomic mass is 16.5. The van der Waals surface area contributed by atoms with Gasteiger partial charge in [-0.15, -0.1) is 0 Å². The molecule has 4 rings (SSSR count). The largest absolute Gasteiger partial charge is 0.481 e. The lowest BCUT2D eigenvalue weighted by atomic mass is 9.36. The zero-order valence-electron chi connectivity index (χ0n) is 23.3. The number of aliphatic hydroxyl groups is 2. The van der Waals surface area contributed by atoms with E-state index in [0.29, 0.717) is 25.2 Å². The van der Waals surface area contributed by atoms with Crippen molar-refractivity contribution < 1.29 is 29.6 Å². The lowest BCUT2D eigenvalue weighted by Gasteiger charge is -2.69. The third kappa shape index (κ3) is 4.05. The summed E-state index contributed by atoms with van der Waals surface area (Å²) in [5.74, 6) is -1.64. The second-order valence-electron chi connectivity index (χ2n) is 13.7. The zero-order valence-corrected chi connectivity index (χ0v) is 23.3. The van der Waals surface area contributed by atoms with Crippen molar-refractivity contribution in [3.05, 3.63) is 11.6 Å². The Balaban J connectivity index is 1.78. The second kappa shape index (κ2) is 9.41. The van der Waals surface area contributed by atoms with Crippen LogP contribution in [0.4, 0.5) is 0 Å². The molecule has 0 aromatic heterocycles. The molecule has 6 nitrogen and oxygen atoms in total. The van der Waals surface area contributed by atoms with Crippen LogP contribution in [-0.2, 0) is 14.3 Å². The highest BCUT2D eigenvalue weighted by molar-refractivity contribution is 5.71. The van der Waals surface area contributed by atoms with Gasteiger partial charge in [-0.05, 0) is 98.7 Å². The van der Waals surface area contributed by atoms with E-state index in [1.165, 1.54) is 6.92 Å². The number of carboxylic acids is 1. The van der Waals surface area contributed by atoms with Crippen LogP contribution < -0.4 is 0 Å². The fourth-order valence-electron chi connectivity index (χ4n) is 10.1. The van der Waals surface area contributed by atoms with Crippen molar-refractivity contribution in [3.63, 3.8) is 0 Å². The topological polar surface area (TPSA) is 104 Å². The Kier molecular flexibility index (Phi) is 7.22. The highest BCUT2D eigenvalue weighted by Gasteiger charge is 2.72. The third-order valence-electron chi connectivity index (χ3n) is 11.8. The Labute approximate surface area is 216 Å². The molecule has 0 bridgehead atoms. The highest BCUT2D eigenvalue weighted by Crippen LogP contribution is 2.74. The molecular weight excluding hydrogens is 456 g/mol. The van der Waals surface area contributed by atoms with E-state index in [1.807, 2.05) is 19.9 Å². The lowest BCUT2D eigenvalue weighted by molar-refractivity contribution is -0.240. The Bertz CT molecular complexity index is 909. The molecule has 3 unspecified atom stereocenters. The molecule has 36 heavy (non-hydrogen) atoms. The van der Waals surface area contributed by atoms with Crippen LogP contribution in [0.25, 0.3) is 0 Å². The predicted molar refractivity (Wildman–Crippen MR) is 138 cm³/mol. The molecule has 0 heterocycles. The minimum absolute atomic E-state index is 0.0449. The summed E-state index contributed by atoms with van der Waals surface area (Å²) in [5.41, 5.74) is 0.521. The van der Waals surface area contributed by atoms with Gasteiger partial charge in [0, 0.05) is 12.8 Å². The summed E-state index contributed by atoms with van der Waals surface area (Å²) in [6.45, 7) is 14.5. The van der Waals surface area contributed by atoms with Crippen LogP contribution in [0.1, 0.15) is 93.4 Å². The van der Waals surface area contributed by atoms with E-state index < -0.39 is 24.1 Å². The molecule has 6 heteroatoms. The Morgan fingerprint density at radius 2 is 1.67 bits per heavy atom. The zero-order chi connectivity index (χ0) is 26.8. The first-order chi connectivity index (χ1) is 16.7. The summed E-state index contributed by atoms with van der Waals surface area (Å²) in [6.07, 6.45) is 5.85. The number of aliphatic hydroxyl groups excluding tert-OH is 2. The van der Waals surface area contributed by atoms with Crippen LogP contribution >= 0.6 is 0 Å². The van der Waals surface area contributed by atoms with Gasteiger partial charge in [-0.3, -0.25) is 9.59 Å². The van der Waals surface area contributed by atoms with Gasteiger partial charge in [0.15, 0.2) is 0 Å². The maximum Gasteiger partial charge on any atom is 0.307 e. The molecule has 0 aromatic rings. The van der Waals surface area contributed by atoms with Crippen LogP contribution in [0, 0.1) is 51.8 Å². The first kappa shape index (κ1) is 27.6.